The molecule has 172 valence electrons. The third kappa shape index (κ3) is 2.87. The van der Waals surface area contributed by atoms with Crippen molar-refractivity contribution in [1.29, 1.82) is 0 Å². The van der Waals surface area contributed by atoms with Crippen LogP contribution in [0.15, 0.2) is 46.8 Å². The van der Waals surface area contributed by atoms with E-state index < -0.39 is 28.4 Å². The molecule has 1 aromatic rings. The zero-order valence-corrected chi connectivity index (χ0v) is 17.8. The topological polar surface area (TPSA) is 176 Å². The summed E-state index contributed by atoms with van der Waals surface area (Å²) in [5.74, 6) is -1.51. The molecule has 5 rings (SSSR count). The fourth-order valence-corrected chi connectivity index (χ4v) is 5.25. The van der Waals surface area contributed by atoms with E-state index in [0.717, 1.165) is 0 Å². The number of ether oxygens (including phenoxy) is 2. The van der Waals surface area contributed by atoms with E-state index in [1.807, 2.05) is 0 Å². The van der Waals surface area contributed by atoms with Gasteiger partial charge in [-0.15, -0.1) is 0 Å². The number of anilines is 1. The molecule has 0 saturated carbocycles. The van der Waals surface area contributed by atoms with E-state index in [-0.39, 0.29) is 52.7 Å². The summed E-state index contributed by atoms with van der Waals surface area (Å²) in [7, 11) is 1.50. The molecule has 0 radical (unpaired) electrons. The maximum Gasteiger partial charge on any atom is 0.404 e. The molecule has 0 spiro atoms. The molecule has 1 aromatic carbocycles. The normalized spacial score (nSPS) is 29.6. The lowest BCUT2D eigenvalue weighted by Crippen LogP contribution is -2.55. The van der Waals surface area contributed by atoms with Crippen LogP contribution in [0.3, 0.4) is 0 Å². The van der Waals surface area contributed by atoms with Crippen LogP contribution in [0.1, 0.15) is 6.92 Å². The average Bonchev–Trinajstić information content (AvgIpc) is 3.40. The number of benzene rings is 1. The van der Waals surface area contributed by atoms with Crippen LogP contribution in [0.25, 0.3) is 0 Å². The number of rotatable bonds is 6. The molecular formula is C21H21N5O7. The average molecular weight is 455 g/mol. The van der Waals surface area contributed by atoms with Crippen LogP contribution in [0.2, 0.25) is 0 Å². The standard InChI is InChI=1S/C21H21N5O7/c1-9-15(23-10-3-5-11(6-4-10)26(30)31)18(28)14-12(8-33-20(22)29)21(32-2)19-13(24-19)7-25(21)16(14)17(9)27/h3-6,12-13,19,23-24H,7-8H2,1-2H3,(H2,22,29)/t12-,13+,19+,21?/m0/s1. The number of nitro benzene ring substituents is 1. The van der Waals surface area contributed by atoms with Gasteiger partial charge in [0.15, 0.2) is 5.72 Å². The zero-order chi connectivity index (χ0) is 23.7. The lowest BCUT2D eigenvalue weighted by atomic mass is 9.82. The summed E-state index contributed by atoms with van der Waals surface area (Å²) in [6.45, 7) is 1.79. The van der Waals surface area contributed by atoms with Gasteiger partial charge >= 0.3 is 6.09 Å². The predicted octanol–water partition coefficient (Wildman–Crippen LogP) is 0.410. The molecule has 4 N–H and O–H groups in total. The molecule has 4 aliphatic rings. The third-order valence-corrected chi connectivity index (χ3v) is 6.78. The van der Waals surface area contributed by atoms with E-state index in [1.54, 1.807) is 11.8 Å². The zero-order valence-electron chi connectivity index (χ0n) is 17.8. The Hall–Kier alpha value is -3.77. The van der Waals surface area contributed by atoms with Crippen LogP contribution >= 0.6 is 0 Å². The van der Waals surface area contributed by atoms with Crippen LogP contribution in [0, 0.1) is 16.0 Å². The molecule has 2 fully saturated rings. The molecule has 12 heteroatoms. The molecule has 4 atom stereocenters. The second-order valence-corrected chi connectivity index (χ2v) is 8.35. The molecule has 1 aliphatic carbocycles. The van der Waals surface area contributed by atoms with Gasteiger partial charge in [-0.1, -0.05) is 0 Å². The van der Waals surface area contributed by atoms with E-state index in [1.165, 1.54) is 31.4 Å². The largest absolute Gasteiger partial charge is 0.449 e. The van der Waals surface area contributed by atoms with Crippen molar-refractivity contribution in [3.8, 4) is 0 Å². The monoisotopic (exact) mass is 455 g/mol. The van der Waals surface area contributed by atoms with Crippen LogP contribution in [0.5, 0.6) is 0 Å². The van der Waals surface area contributed by atoms with Crippen LogP contribution in [-0.4, -0.2) is 65.6 Å². The number of carbonyl (C=O) groups excluding carboxylic acids is 3. The summed E-state index contributed by atoms with van der Waals surface area (Å²) >= 11 is 0. The van der Waals surface area contributed by atoms with Crippen LogP contribution in [0.4, 0.5) is 16.2 Å². The molecule has 3 aliphatic heterocycles. The minimum absolute atomic E-state index is 0.0596. The number of nitrogens with one attached hydrogen (secondary N) is 2. The molecular weight excluding hydrogens is 434 g/mol. The molecule has 3 heterocycles. The summed E-state index contributed by atoms with van der Waals surface area (Å²) in [6, 6.07) is 5.47. The predicted molar refractivity (Wildman–Crippen MR) is 113 cm³/mol. The van der Waals surface area contributed by atoms with Gasteiger partial charge in [0.05, 0.1) is 28.3 Å². The minimum atomic E-state index is -1.06. The van der Waals surface area contributed by atoms with Crippen LogP contribution < -0.4 is 16.4 Å². The number of Topliss-reactive ketones (excluding diaryl/α,β-unsaturated/α-hetero) is 2. The summed E-state index contributed by atoms with van der Waals surface area (Å²) < 4.78 is 11.0. The molecule has 0 aromatic heterocycles. The van der Waals surface area contributed by atoms with Gasteiger partial charge in [0.1, 0.15) is 6.61 Å². The first-order chi connectivity index (χ1) is 15.7. The maximum atomic E-state index is 13.7. The van der Waals surface area contributed by atoms with Crippen molar-refractivity contribution in [3.05, 3.63) is 56.9 Å². The van der Waals surface area contributed by atoms with Gasteiger partial charge < -0.3 is 30.7 Å². The Balaban J connectivity index is 1.53. The smallest absolute Gasteiger partial charge is 0.404 e. The highest BCUT2D eigenvalue weighted by molar-refractivity contribution is 6.26. The summed E-state index contributed by atoms with van der Waals surface area (Å²) in [5.41, 5.74) is 5.16. The molecule has 2 saturated heterocycles. The van der Waals surface area contributed by atoms with Gasteiger partial charge in [-0.05, 0) is 19.1 Å². The van der Waals surface area contributed by atoms with E-state index in [0.29, 0.717) is 12.2 Å². The number of primary amides is 1. The summed E-state index contributed by atoms with van der Waals surface area (Å²) in [5, 5.41) is 17.1. The van der Waals surface area contributed by atoms with Crippen molar-refractivity contribution in [1.82, 2.24) is 10.2 Å². The van der Waals surface area contributed by atoms with Gasteiger partial charge in [0.2, 0.25) is 11.6 Å². The van der Waals surface area contributed by atoms with Crippen molar-refractivity contribution in [2.75, 3.05) is 25.6 Å². The Bertz CT molecular complexity index is 1170. The number of ketones is 2. The fourth-order valence-electron chi connectivity index (χ4n) is 5.25. The van der Waals surface area contributed by atoms with Crippen molar-refractivity contribution in [3.63, 3.8) is 0 Å². The number of hydrogen-bond acceptors (Lipinski definition) is 10. The van der Waals surface area contributed by atoms with Crippen molar-refractivity contribution < 1.29 is 28.8 Å². The first kappa shape index (κ1) is 21.1. The number of allylic oxidation sites excluding steroid dienone is 2. The Morgan fingerprint density at radius 2 is 2.03 bits per heavy atom. The Morgan fingerprint density at radius 1 is 1.33 bits per heavy atom. The van der Waals surface area contributed by atoms with Crippen molar-refractivity contribution >= 4 is 29.0 Å². The Labute approximate surface area is 187 Å². The Morgan fingerprint density at radius 3 is 2.64 bits per heavy atom. The number of non-ortho nitro benzene ring substituents is 1. The number of nitrogens with zero attached hydrogens (tertiary/aromatic N) is 2. The second-order valence-electron chi connectivity index (χ2n) is 8.35. The number of hydrogen-bond donors (Lipinski definition) is 3. The summed E-state index contributed by atoms with van der Waals surface area (Å²) in [6.07, 6.45) is -0.995. The highest BCUT2D eigenvalue weighted by Crippen LogP contribution is 2.55. The van der Waals surface area contributed by atoms with E-state index in [4.69, 9.17) is 15.2 Å². The fraction of sp³-hybridized carbons (Fsp3) is 0.381. The maximum absolute atomic E-state index is 13.7. The quantitative estimate of drug-likeness (QED) is 0.236. The van der Waals surface area contributed by atoms with Gasteiger partial charge in [0, 0.05) is 48.7 Å². The lowest BCUT2D eigenvalue weighted by Gasteiger charge is -2.39. The number of piperazine rings is 1. The second kappa shape index (κ2) is 7.12. The van der Waals surface area contributed by atoms with E-state index in [2.05, 4.69) is 10.6 Å². The highest BCUT2D eigenvalue weighted by atomic mass is 16.6. The number of amides is 1. The first-order valence-corrected chi connectivity index (χ1v) is 10.3. The van der Waals surface area contributed by atoms with Gasteiger partial charge in [0.25, 0.3) is 5.69 Å². The number of fused-ring (bicyclic) bond motifs is 4. The summed E-state index contributed by atoms with van der Waals surface area (Å²) in [4.78, 5) is 50.7. The SMILES string of the molecule is COC12[C@@H]3N[C@@H]3CN1C1=C(C(=O)C(Nc3ccc([N+](=O)[O-])cc3)=C(C)C1=O)[C@@H]2COC(N)=O. The van der Waals surface area contributed by atoms with E-state index in [9.17, 15) is 24.5 Å². The van der Waals surface area contributed by atoms with Gasteiger partial charge in [-0.2, -0.15) is 0 Å². The lowest BCUT2D eigenvalue weighted by molar-refractivity contribution is -0.384. The highest BCUT2D eigenvalue weighted by Gasteiger charge is 2.72. The third-order valence-electron chi connectivity index (χ3n) is 6.78. The number of carbonyl (C=O) groups is 3. The van der Waals surface area contributed by atoms with Crippen molar-refractivity contribution in [2.45, 2.75) is 24.7 Å². The van der Waals surface area contributed by atoms with Crippen molar-refractivity contribution in [2.24, 2.45) is 11.7 Å². The van der Waals surface area contributed by atoms with Crippen LogP contribution in [-0.2, 0) is 19.1 Å². The number of nitrogens with two attached hydrogens (primary N) is 1. The minimum Gasteiger partial charge on any atom is -0.449 e. The molecule has 33 heavy (non-hydrogen) atoms. The molecule has 12 nitrogen and oxygen atoms in total. The number of methoxy groups -OCH3 is 1. The molecule has 1 amide bonds. The molecule has 1 unspecified atom stereocenters. The molecule has 0 bridgehead atoms. The van der Waals surface area contributed by atoms with E-state index >= 15 is 0 Å². The number of nitro groups is 1. The first-order valence-electron chi connectivity index (χ1n) is 10.3. The van der Waals surface area contributed by atoms with Gasteiger partial charge in [-0.25, -0.2) is 4.79 Å². The Kier molecular flexibility index (Phi) is 4.55. The van der Waals surface area contributed by atoms with Gasteiger partial charge in [-0.3, -0.25) is 19.7 Å².